The largest absolute Gasteiger partial charge is 0.480 e. The smallest absolute Gasteiger partial charge is 0.409 e. The maximum Gasteiger partial charge on any atom is 0.409 e. The molecule has 33 heavy (non-hydrogen) atoms. The van der Waals surface area contributed by atoms with Crippen molar-refractivity contribution in [3.63, 3.8) is 0 Å². The molecule has 9 nitrogen and oxygen atoms in total. The Morgan fingerprint density at radius 3 is 2.79 bits per heavy atom. The fourth-order valence-electron chi connectivity index (χ4n) is 5.61. The van der Waals surface area contributed by atoms with Crippen molar-refractivity contribution >= 4 is 11.9 Å². The Bertz CT molecular complexity index is 988. The fourth-order valence-corrected chi connectivity index (χ4v) is 5.61. The Hall–Kier alpha value is -2.94. The summed E-state index contributed by atoms with van der Waals surface area (Å²) in [6.07, 6.45) is 8.64. The van der Waals surface area contributed by atoms with Crippen molar-refractivity contribution in [3.05, 3.63) is 30.7 Å². The van der Waals surface area contributed by atoms with E-state index in [9.17, 15) is 4.79 Å². The summed E-state index contributed by atoms with van der Waals surface area (Å²) in [4.78, 5) is 32.3. The van der Waals surface area contributed by atoms with E-state index in [2.05, 4.69) is 19.8 Å². The van der Waals surface area contributed by atoms with Crippen LogP contribution >= 0.6 is 0 Å². The van der Waals surface area contributed by atoms with Crippen molar-refractivity contribution in [2.45, 2.75) is 32.2 Å². The highest BCUT2D eigenvalue weighted by Gasteiger charge is 2.51. The molecule has 2 aromatic heterocycles. The van der Waals surface area contributed by atoms with Crippen molar-refractivity contribution in [3.8, 4) is 17.1 Å². The maximum absolute atomic E-state index is 12.0. The molecule has 3 fully saturated rings. The molecule has 176 valence electrons. The minimum absolute atomic E-state index is 0.160. The SMILES string of the molecule is CCOC(=O)N1CC2(CC[C@@H](N3CCN(c4ncccc4-c4cncc(OC)n4)CC3)C2)C1. The fraction of sp³-hybridized carbons (Fsp3) is 0.583. The molecule has 0 aromatic carbocycles. The van der Waals surface area contributed by atoms with E-state index in [1.807, 2.05) is 30.2 Å². The van der Waals surface area contributed by atoms with Gasteiger partial charge in [-0.2, -0.15) is 0 Å². The molecule has 1 atom stereocenters. The summed E-state index contributed by atoms with van der Waals surface area (Å²) >= 11 is 0. The van der Waals surface area contributed by atoms with Crippen LogP contribution in [0.2, 0.25) is 0 Å². The van der Waals surface area contributed by atoms with E-state index < -0.39 is 0 Å². The van der Waals surface area contributed by atoms with Crippen LogP contribution in [0.3, 0.4) is 0 Å². The first kappa shape index (κ1) is 21.9. The molecular formula is C24H32N6O3. The molecule has 0 bridgehead atoms. The average molecular weight is 453 g/mol. The zero-order chi connectivity index (χ0) is 22.8. The van der Waals surface area contributed by atoms with Crippen molar-refractivity contribution in [2.24, 2.45) is 5.41 Å². The number of piperazine rings is 1. The third-order valence-corrected chi connectivity index (χ3v) is 7.27. The number of aromatic nitrogens is 3. The van der Waals surface area contributed by atoms with Gasteiger partial charge in [-0.05, 0) is 38.3 Å². The van der Waals surface area contributed by atoms with Gasteiger partial charge in [0.05, 0.1) is 31.8 Å². The summed E-state index contributed by atoms with van der Waals surface area (Å²) in [6, 6.07) is 4.58. The highest BCUT2D eigenvalue weighted by Crippen LogP contribution is 2.47. The second-order valence-corrected chi connectivity index (χ2v) is 9.30. The van der Waals surface area contributed by atoms with Gasteiger partial charge in [-0.25, -0.2) is 14.8 Å². The van der Waals surface area contributed by atoms with E-state index in [-0.39, 0.29) is 6.09 Å². The minimum Gasteiger partial charge on any atom is -0.480 e. The predicted octanol–water partition coefficient (Wildman–Crippen LogP) is 2.68. The molecule has 4 heterocycles. The van der Waals surface area contributed by atoms with Crippen LogP contribution in [0.4, 0.5) is 10.6 Å². The van der Waals surface area contributed by atoms with E-state index in [0.29, 0.717) is 23.9 Å². The first-order valence-electron chi connectivity index (χ1n) is 11.8. The number of ether oxygens (including phenoxy) is 2. The monoisotopic (exact) mass is 452 g/mol. The van der Waals surface area contributed by atoms with E-state index in [1.54, 1.807) is 19.5 Å². The Morgan fingerprint density at radius 1 is 1.21 bits per heavy atom. The van der Waals surface area contributed by atoms with Crippen LogP contribution in [-0.4, -0.2) is 89.9 Å². The lowest BCUT2D eigenvalue weighted by atomic mass is 9.78. The molecule has 1 spiro atoms. The molecule has 1 saturated carbocycles. The lowest BCUT2D eigenvalue weighted by Crippen LogP contribution is -2.58. The molecule has 0 N–H and O–H groups in total. The molecule has 2 aliphatic heterocycles. The zero-order valence-electron chi connectivity index (χ0n) is 19.4. The van der Waals surface area contributed by atoms with Gasteiger partial charge in [-0.3, -0.25) is 9.88 Å². The van der Waals surface area contributed by atoms with Crippen molar-refractivity contribution in [2.75, 3.05) is 57.9 Å². The van der Waals surface area contributed by atoms with Crippen LogP contribution in [0.15, 0.2) is 30.7 Å². The maximum atomic E-state index is 12.0. The number of pyridine rings is 1. The van der Waals surface area contributed by atoms with Gasteiger partial charge in [-0.15, -0.1) is 0 Å². The van der Waals surface area contributed by atoms with Gasteiger partial charge < -0.3 is 19.3 Å². The highest BCUT2D eigenvalue weighted by molar-refractivity contribution is 5.73. The summed E-state index contributed by atoms with van der Waals surface area (Å²) in [5.74, 6) is 1.45. The highest BCUT2D eigenvalue weighted by atomic mass is 16.6. The van der Waals surface area contributed by atoms with Crippen LogP contribution in [0.1, 0.15) is 26.2 Å². The number of anilines is 1. The third kappa shape index (κ3) is 4.34. The van der Waals surface area contributed by atoms with Crippen LogP contribution < -0.4 is 9.64 Å². The summed E-state index contributed by atoms with van der Waals surface area (Å²) < 4.78 is 10.4. The second kappa shape index (κ2) is 9.13. The van der Waals surface area contributed by atoms with Crippen molar-refractivity contribution in [1.82, 2.24) is 24.8 Å². The first-order chi connectivity index (χ1) is 16.1. The molecule has 9 heteroatoms. The molecule has 5 rings (SSSR count). The molecule has 0 radical (unpaired) electrons. The molecule has 1 amide bonds. The number of hydrogen-bond acceptors (Lipinski definition) is 8. The van der Waals surface area contributed by atoms with E-state index >= 15 is 0 Å². The standard InChI is InChI=1S/C24H32N6O3/c1-3-33-23(31)30-16-24(17-30)7-6-18(13-24)28-9-11-29(12-10-28)22-19(5-4-8-26-22)20-14-25-15-21(27-20)32-2/h4-5,8,14-15,18H,3,6-7,9-13,16-17H2,1-2H3/t18-/m1/s1. The lowest BCUT2D eigenvalue weighted by Gasteiger charge is -2.48. The van der Waals surface area contributed by atoms with E-state index in [1.165, 1.54) is 19.3 Å². The number of likely N-dealkylation sites (tertiary alicyclic amines) is 1. The van der Waals surface area contributed by atoms with Gasteiger partial charge in [-0.1, -0.05) is 0 Å². The normalized spacial score (nSPS) is 22.3. The van der Waals surface area contributed by atoms with Gasteiger partial charge in [0.15, 0.2) is 0 Å². The first-order valence-corrected chi connectivity index (χ1v) is 11.8. The molecule has 3 aliphatic rings. The lowest BCUT2D eigenvalue weighted by molar-refractivity contribution is -0.00294. The van der Waals surface area contributed by atoms with Gasteiger partial charge in [0.2, 0.25) is 5.88 Å². The van der Waals surface area contributed by atoms with Crippen LogP contribution in [0.5, 0.6) is 5.88 Å². The molecule has 2 saturated heterocycles. The quantitative estimate of drug-likeness (QED) is 0.685. The Balaban J connectivity index is 1.19. The predicted molar refractivity (Wildman–Crippen MR) is 124 cm³/mol. The minimum atomic E-state index is -0.160. The average Bonchev–Trinajstić information content (AvgIpc) is 3.29. The number of rotatable bonds is 5. The number of carbonyl (C=O) groups is 1. The van der Waals surface area contributed by atoms with E-state index in [0.717, 1.165) is 56.3 Å². The molecular weight excluding hydrogens is 420 g/mol. The topological polar surface area (TPSA) is 83.9 Å². The van der Waals surface area contributed by atoms with Gasteiger partial charge in [0.25, 0.3) is 0 Å². The van der Waals surface area contributed by atoms with Crippen molar-refractivity contribution < 1.29 is 14.3 Å². The number of amides is 1. The van der Waals surface area contributed by atoms with Gasteiger partial charge >= 0.3 is 6.09 Å². The summed E-state index contributed by atoms with van der Waals surface area (Å²) in [5.41, 5.74) is 2.05. The summed E-state index contributed by atoms with van der Waals surface area (Å²) in [7, 11) is 1.60. The van der Waals surface area contributed by atoms with Crippen LogP contribution in [-0.2, 0) is 4.74 Å². The Kier molecular flexibility index (Phi) is 6.05. The number of hydrogen-bond donors (Lipinski definition) is 0. The van der Waals surface area contributed by atoms with E-state index in [4.69, 9.17) is 14.5 Å². The Morgan fingerprint density at radius 2 is 2.03 bits per heavy atom. The number of carbonyl (C=O) groups excluding carboxylic acids is 1. The molecule has 2 aromatic rings. The van der Waals surface area contributed by atoms with Gasteiger partial charge in [0, 0.05) is 62.5 Å². The third-order valence-electron chi connectivity index (χ3n) is 7.27. The van der Waals surface area contributed by atoms with Crippen LogP contribution in [0.25, 0.3) is 11.3 Å². The van der Waals surface area contributed by atoms with Gasteiger partial charge in [0.1, 0.15) is 5.82 Å². The van der Waals surface area contributed by atoms with Crippen molar-refractivity contribution in [1.29, 1.82) is 0 Å². The Labute approximate surface area is 194 Å². The second-order valence-electron chi connectivity index (χ2n) is 9.30. The zero-order valence-corrected chi connectivity index (χ0v) is 19.4. The number of nitrogens with zero attached hydrogens (tertiary/aromatic N) is 6. The number of methoxy groups -OCH3 is 1. The molecule has 0 unspecified atom stereocenters. The summed E-state index contributed by atoms with van der Waals surface area (Å²) in [5, 5.41) is 0. The summed E-state index contributed by atoms with van der Waals surface area (Å²) in [6.45, 7) is 7.89. The van der Waals surface area contributed by atoms with Crippen LogP contribution in [0, 0.1) is 5.41 Å². The molecule has 1 aliphatic carbocycles.